The maximum absolute atomic E-state index is 13.1. The lowest BCUT2D eigenvalue weighted by Gasteiger charge is -2.13. The second-order valence-electron chi connectivity index (χ2n) is 9.20. The molecule has 0 saturated heterocycles. The van der Waals surface area contributed by atoms with Gasteiger partial charge in [0.25, 0.3) is 5.91 Å². The van der Waals surface area contributed by atoms with Gasteiger partial charge in [-0.15, -0.1) is 0 Å². The standard InChI is InChI=1S/C28H40Br2N8O3/c29-22-16-21(17-23(30)25(22)40-15-9-8-14-37-28(33)34)18-24(38-41-19-20-10-4-3-5-11-20)26(39)35-12-6-1-2-7-13-36-27(31)32/h3-5,10-11,16-17H,1-2,6-9,12-15,18-19H2,(H,35,39)(H4,31,32,36)(H4,33,34,37)/b38-24+. The zero-order valence-corrected chi connectivity index (χ0v) is 26.3. The van der Waals surface area contributed by atoms with Crippen molar-refractivity contribution in [3.63, 3.8) is 0 Å². The summed E-state index contributed by atoms with van der Waals surface area (Å²) in [5.74, 6) is 0.603. The molecule has 2 aromatic carbocycles. The van der Waals surface area contributed by atoms with Crippen LogP contribution in [-0.4, -0.2) is 49.8 Å². The van der Waals surface area contributed by atoms with Crippen molar-refractivity contribution in [1.82, 2.24) is 5.32 Å². The normalized spacial score (nSPS) is 11.0. The third-order valence-corrected chi connectivity index (χ3v) is 6.88. The molecule has 2 aromatic rings. The van der Waals surface area contributed by atoms with Crippen LogP contribution in [0.5, 0.6) is 5.75 Å². The second-order valence-corrected chi connectivity index (χ2v) is 10.9. The van der Waals surface area contributed by atoms with Gasteiger partial charge in [0, 0.05) is 26.1 Å². The average molecular weight is 696 g/mol. The van der Waals surface area contributed by atoms with Gasteiger partial charge in [0.15, 0.2) is 11.9 Å². The van der Waals surface area contributed by atoms with Crippen molar-refractivity contribution in [2.45, 2.75) is 51.6 Å². The van der Waals surface area contributed by atoms with Crippen molar-refractivity contribution in [2.75, 3.05) is 26.2 Å². The van der Waals surface area contributed by atoms with Gasteiger partial charge in [-0.1, -0.05) is 48.3 Å². The molecule has 0 unspecified atom stereocenters. The quantitative estimate of drug-likeness (QED) is 0.0641. The molecule has 0 spiro atoms. The Bertz CT molecular complexity index is 1150. The van der Waals surface area contributed by atoms with E-state index in [1.54, 1.807) is 0 Å². The fourth-order valence-corrected chi connectivity index (χ4v) is 5.17. The van der Waals surface area contributed by atoms with E-state index < -0.39 is 0 Å². The first-order valence-electron chi connectivity index (χ1n) is 13.5. The van der Waals surface area contributed by atoms with Crippen molar-refractivity contribution < 1.29 is 14.4 Å². The molecule has 11 nitrogen and oxygen atoms in total. The van der Waals surface area contributed by atoms with Crippen molar-refractivity contribution in [1.29, 1.82) is 0 Å². The molecular weight excluding hydrogens is 656 g/mol. The first-order valence-corrected chi connectivity index (χ1v) is 15.1. The Kier molecular flexibility index (Phi) is 16.3. The zero-order chi connectivity index (χ0) is 29.9. The molecule has 0 fully saturated rings. The molecule has 224 valence electrons. The van der Waals surface area contributed by atoms with E-state index in [0.717, 1.165) is 58.6 Å². The average Bonchev–Trinajstić information content (AvgIpc) is 2.92. The number of benzene rings is 2. The largest absolute Gasteiger partial charge is 0.491 e. The number of ether oxygens (including phenoxy) is 1. The number of guanidine groups is 2. The van der Waals surface area contributed by atoms with Crippen LogP contribution in [0.25, 0.3) is 0 Å². The predicted molar refractivity (Wildman–Crippen MR) is 172 cm³/mol. The van der Waals surface area contributed by atoms with E-state index in [-0.39, 0.29) is 36.6 Å². The summed E-state index contributed by atoms with van der Waals surface area (Å²) in [6.45, 7) is 2.47. The molecular formula is C28H40Br2N8O3. The third kappa shape index (κ3) is 14.8. The van der Waals surface area contributed by atoms with Crippen LogP contribution in [-0.2, 0) is 22.7 Å². The number of oxime groups is 1. The molecule has 9 N–H and O–H groups in total. The number of aliphatic imine (C=N–C) groups is 2. The maximum Gasteiger partial charge on any atom is 0.269 e. The van der Waals surface area contributed by atoms with E-state index in [1.807, 2.05) is 42.5 Å². The number of hydrogen-bond donors (Lipinski definition) is 5. The summed E-state index contributed by atoms with van der Waals surface area (Å²) in [7, 11) is 0. The zero-order valence-electron chi connectivity index (χ0n) is 23.2. The number of carbonyl (C=O) groups is 1. The highest BCUT2D eigenvalue weighted by atomic mass is 79.9. The van der Waals surface area contributed by atoms with Gasteiger partial charge < -0.3 is 37.8 Å². The van der Waals surface area contributed by atoms with Crippen molar-refractivity contribution in [3.05, 3.63) is 62.5 Å². The van der Waals surface area contributed by atoms with E-state index in [1.165, 1.54) is 0 Å². The number of nitrogens with two attached hydrogens (primary N) is 4. The first kappa shape index (κ1) is 33.9. The lowest BCUT2D eigenvalue weighted by atomic mass is 10.1. The summed E-state index contributed by atoms with van der Waals surface area (Å²) in [5, 5.41) is 7.18. The van der Waals surface area contributed by atoms with Crippen LogP contribution >= 0.6 is 31.9 Å². The highest BCUT2D eigenvalue weighted by Gasteiger charge is 2.16. The van der Waals surface area contributed by atoms with Crippen molar-refractivity contribution in [2.24, 2.45) is 38.1 Å². The highest BCUT2D eigenvalue weighted by Crippen LogP contribution is 2.35. The summed E-state index contributed by atoms with van der Waals surface area (Å²) < 4.78 is 7.47. The van der Waals surface area contributed by atoms with Gasteiger partial charge >= 0.3 is 0 Å². The predicted octanol–water partition coefficient (Wildman–Crippen LogP) is 3.71. The Labute approximate surface area is 258 Å². The second kappa shape index (κ2) is 19.7. The third-order valence-electron chi connectivity index (χ3n) is 5.70. The Morgan fingerprint density at radius 2 is 1.41 bits per heavy atom. The summed E-state index contributed by atoms with van der Waals surface area (Å²) in [4.78, 5) is 26.6. The van der Waals surface area contributed by atoms with E-state index in [0.29, 0.717) is 32.0 Å². The molecule has 0 aromatic heterocycles. The lowest BCUT2D eigenvalue weighted by Crippen LogP contribution is -2.33. The minimum absolute atomic E-state index is 0.0880. The molecule has 0 saturated carbocycles. The Balaban J connectivity index is 1.97. The van der Waals surface area contributed by atoms with Crippen LogP contribution in [0.4, 0.5) is 0 Å². The molecule has 0 atom stereocenters. The molecule has 0 aliphatic carbocycles. The molecule has 0 heterocycles. The number of nitrogens with one attached hydrogen (secondary N) is 1. The van der Waals surface area contributed by atoms with Crippen LogP contribution in [0, 0.1) is 0 Å². The molecule has 0 bridgehead atoms. The molecule has 0 aliphatic heterocycles. The van der Waals surface area contributed by atoms with Gasteiger partial charge in [0.05, 0.1) is 15.6 Å². The van der Waals surface area contributed by atoms with Gasteiger partial charge in [-0.25, -0.2) is 0 Å². The number of unbranched alkanes of at least 4 members (excludes halogenated alkanes) is 4. The number of rotatable bonds is 19. The fraction of sp³-hybridized carbons (Fsp3) is 0.429. The summed E-state index contributed by atoms with van der Waals surface area (Å²) in [6.07, 6.45) is 5.53. The first-order chi connectivity index (χ1) is 19.8. The van der Waals surface area contributed by atoms with Crippen LogP contribution in [0.15, 0.2) is 66.6 Å². The molecule has 0 aliphatic rings. The summed E-state index contributed by atoms with van der Waals surface area (Å²) in [5.41, 5.74) is 23.5. The Morgan fingerprint density at radius 3 is 2.05 bits per heavy atom. The lowest BCUT2D eigenvalue weighted by molar-refractivity contribution is -0.115. The maximum atomic E-state index is 13.1. The molecule has 2 rings (SSSR count). The van der Waals surface area contributed by atoms with E-state index >= 15 is 0 Å². The fourth-order valence-electron chi connectivity index (χ4n) is 3.66. The van der Waals surface area contributed by atoms with Crippen molar-refractivity contribution in [3.8, 4) is 5.75 Å². The van der Waals surface area contributed by atoms with E-state index in [4.69, 9.17) is 32.5 Å². The summed E-state index contributed by atoms with van der Waals surface area (Å²) in [6, 6.07) is 13.5. The van der Waals surface area contributed by atoms with Crippen LogP contribution in [0.3, 0.4) is 0 Å². The highest BCUT2D eigenvalue weighted by molar-refractivity contribution is 9.11. The minimum Gasteiger partial charge on any atom is -0.491 e. The summed E-state index contributed by atoms with van der Waals surface area (Å²) >= 11 is 7.18. The van der Waals surface area contributed by atoms with Crippen LogP contribution in [0.2, 0.25) is 0 Å². The molecule has 13 heteroatoms. The van der Waals surface area contributed by atoms with Gasteiger partial charge in [0.1, 0.15) is 18.1 Å². The molecule has 41 heavy (non-hydrogen) atoms. The molecule has 1 amide bonds. The smallest absolute Gasteiger partial charge is 0.269 e. The Morgan fingerprint density at radius 1 is 0.805 bits per heavy atom. The molecule has 0 radical (unpaired) electrons. The van der Waals surface area contributed by atoms with Crippen molar-refractivity contribution >= 4 is 55.4 Å². The van der Waals surface area contributed by atoms with E-state index in [9.17, 15) is 4.79 Å². The number of halogens is 2. The topological polar surface area (TPSA) is 189 Å². The van der Waals surface area contributed by atoms with Crippen LogP contribution < -0.4 is 33.0 Å². The monoisotopic (exact) mass is 694 g/mol. The van der Waals surface area contributed by atoms with Gasteiger partial charge in [-0.2, -0.15) is 0 Å². The van der Waals surface area contributed by atoms with E-state index in [2.05, 4.69) is 52.3 Å². The Hall–Kier alpha value is -3.32. The van der Waals surface area contributed by atoms with Gasteiger partial charge in [0.2, 0.25) is 0 Å². The number of carbonyl (C=O) groups excluding carboxylic acids is 1. The number of amides is 1. The van der Waals surface area contributed by atoms with Crippen LogP contribution in [0.1, 0.15) is 49.7 Å². The SMILES string of the molecule is NC(N)=NCCCCCCNC(=O)/C(Cc1cc(Br)c(OCCCCN=C(N)N)c(Br)c1)=N/OCc1ccccc1. The minimum atomic E-state index is -0.271. The number of nitrogens with zero attached hydrogens (tertiary/aromatic N) is 3. The van der Waals surface area contributed by atoms with Gasteiger partial charge in [-0.3, -0.25) is 14.8 Å². The number of hydrogen-bond acceptors (Lipinski definition) is 6. The van der Waals surface area contributed by atoms with Gasteiger partial charge in [-0.05, 0) is 80.8 Å².